The minimum Gasteiger partial charge on any atom is -0.497 e. The first-order valence-corrected chi connectivity index (χ1v) is 9.53. The van der Waals surface area contributed by atoms with Crippen molar-refractivity contribution < 1.29 is 23.0 Å². The van der Waals surface area contributed by atoms with Crippen molar-refractivity contribution in [2.24, 2.45) is 0 Å². The van der Waals surface area contributed by atoms with E-state index in [0.717, 1.165) is 0 Å². The number of ether oxygens (including phenoxy) is 2. The number of rotatable bonds is 5. The van der Waals surface area contributed by atoms with E-state index in [1.54, 1.807) is 30.3 Å². The second kappa shape index (κ2) is 6.93. The van der Waals surface area contributed by atoms with E-state index in [4.69, 9.17) is 9.47 Å². The fraction of sp³-hybridized carbons (Fsp3) is 0.333. The molecule has 2 aromatic rings. The lowest BCUT2D eigenvalue weighted by Crippen LogP contribution is -2.36. The van der Waals surface area contributed by atoms with E-state index in [1.807, 2.05) is 6.92 Å². The highest BCUT2D eigenvalue weighted by Gasteiger charge is 2.32. The number of nitrogens with zero attached hydrogens (tertiary/aromatic N) is 1. The van der Waals surface area contributed by atoms with Crippen LogP contribution in [0.3, 0.4) is 0 Å². The highest BCUT2D eigenvalue weighted by Crippen LogP contribution is 2.39. The monoisotopic (exact) mass is 363 g/mol. The third-order valence-electron chi connectivity index (χ3n) is 4.19. The zero-order valence-electron chi connectivity index (χ0n) is 14.2. The maximum absolute atomic E-state index is 13.1. The normalized spacial score (nSPS) is 17.1. The topological polar surface area (TPSA) is 76.1 Å². The Balaban J connectivity index is 1.99. The minimum absolute atomic E-state index is 0.189. The molecule has 7 heteroatoms. The van der Waals surface area contributed by atoms with Crippen molar-refractivity contribution in [2.45, 2.75) is 24.3 Å². The van der Waals surface area contributed by atoms with Crippen LogP contribution in [0.4, 0.5) is 5.69 Å². The lowest BCUT2D eigenvalue weighted by Gasteiger charge is -2.33. The van der Waals surface area contributed by atoms with E-state index in [2.05, 4.69) is 0 Å². The highest BCUT2D eigenvalue weighted by molar-refractivity contribution is 7.92. The fourth-order valence-corrected chi connectivity index (χ4v) is 4.43. The molecule has 3 rings (SSSR count). The molecule has 0 aromatic heterocycles. The van der Waals surface area contributed by atoms with E-state index in [-0.39, 0.29) is 11.4 Å². The number of aliphatic hydroxyl groups is 1. The molecule has 1 aliphatic rings. The Morgan fingerprint density at radius 1 is 1.16 bits per heavy atom. The molecule has 0 saturated carbocycles. The zero-order chi connectivity index (χ0) is 18.0. The molecule has 0 spiro atoms. The number of aliphatic hydroxyl groups excluding tert-OH is 1. The van der Waals surface area contributed by atoms with Gasteiger partial charge in [0.05, 0.1) is 30.4 Å². The number of benzene rings is 2. The predicted octanol–water partition coefficient (Wildman–Crippen LogP) is 2.73. The van der Waals surface area contributed by atoms with Gasteiger partial charge in [-0.3, -0.25) is 4.31 Å². The summed E-state index contributed by atoms with van der Waals surface area (Å²) in [5.74, 6) is 1.21. The van der Waals surface area contributed by atoms with Crippen molar-refractivity contribution in [3.05, 3.63) is 48.0 Å². The van der Waals surface area contributed by atoms with Gasteiger partial charge in [-0.15, -0.1) is 0 Å². The first-order chi connectivity index (χ1) is 12.0. The van der Waals surface area contributed by atoms with Gasteiger partial charge in [0.15, 0.2) is 0 Å². The molecule has 0 radical (unpaired) electrons. The summed E-state index contributed by atoms with van der Waals surface area (Å²) in [5, 5.41) is 10.2. The molecule has 134 valence electrons. The number of sulfonamides is 1. The summed E-state index contributed by atoms with van der Waals surface area (Å²) < 4.78 is 38.0. The molecular formula is C18H21NO5S. The molecule has 6 nitrogen and oxygen atoms in total. The van der Waals surface area contributed by atoms with Crippen LogP contribution < -0.4 is 13.8 Å². The Morgan fingerprint density at radius 3 is 2.48 bits per heavy atom. The Kier molecular flexibility index (Phi) is 4.87. The van der Waals surface area contributed by atoms with E-state index in [1.165, 1.54) is 23.5 Å². The summed E-state index contributed by atoms with van der Waals surface area (Å²) in [5.41, 5.74) is 1.04. The van der Waals surface area contributed by atoms with Crippen molar-refractivity contribution >= 4 is 15.7 Å². The van der Waals surface area contributed by atoms with E-state index in [0.29, 0.717) is 35.8 Å². The van der Waals surface area contributed by atoms with Gasteiger partial charge in [0.2, 0.25) is 0 Å². The molecule has 0 fully saturated rings. The average molecular weight is 363 g/mol. The van der Waals surface area contributed by atoms with Crippen LogP contribution in [0.1, 0.15) is 25.0 Å². The van der Waals surface area contributed by atoms with Crippen molar-refractivity contribution in [2.75, 3.05) is 24.6 Å². The summed E-state index contributed by atoms with van der Waals surface area (Å²) >= 11 is 0. The zero-order valence-corrected chi connectivity index (χ0v) is 15.0. The summed E-state index contributed by atoms with van der Waals surface area (Å²) in [4.78, 5) is 0.189. The van der Waals surface area contributed by atoms with Crippen LogP contribution in [0.5, 0.6) is 11.5 Å². The SMILES string of the molecule is CCOc1ccc(S(=O)(=O)N2CCC(O)c3cc(OC)ccc32)cc1. The van der Waals surface area contributed by atoms with Crippen molar-refractivity contribution in [3.63, 3.8) is 0 Å². The lowest BCUT2D eigenvalue weighted by molar-refractivity contribution is 0.166. The van der Waals surface area contributed by atoms with E-state index < -0.39 is 16.1 Å². The Labute approximate surface area is 147 Å². The molecule has 0 amide bonds. The van der Waals surface area contributed by atoms with Crippen LogP contribution in [0.15, 0.2) is 47.4 Å². The van der Waals surface area contributed by atoms with Crippen LogP contribution >= 0.6 is 0 Å². The molecule has 25 heavy (non-hydrogen) atoms. The summed E-state index contributed by atoms with van der Waals surface area (Å²) in [6, 6.07) is 11.4. The molecule has 1 unspecified atom stereocenters. The average Bonchev–Trinajstić information content (AvgIpc) is 2.62. The van der Waals surface area contributed by atoms with Gasteiger partial charge in [0.1, 0.15) is 11.5 Å². The molecule has 2 aromatic carbocycles. The third-order valence-corrected chi connectivity index (χ3v) is 6.02. The molecule has 0 aliphatic carbocycles. The summed E-state index contributed by atoms with van der Waals surface area (Å²) in [6.45, 7) is 2.61. The molecule has 1 N–H and O–H groups in total. The van der Waals surface area contributed by atoms with Crippen LogP contribution in [0.25, 0.3) is 0 Å². The first-order valence-electron chi connectivity index (χ1n) is 8.09. The number of methoxy groups -OCH3 is 1. The maximum atomic E-state index is 13.1. The molecule has 1 heterocycles. The van der Waals surface area contributed by atoms with Gasteiger partial charge in [-0.25, -0.2) is 8.42 Å². The highest BCUT2D eigenvalue weighted by atomic mass is 32.2. The molecule has 1 atom stereocenters. The van der Waals surface area contributed by atoms with Crippen LogP contribution in [-0.2, 0) is 10.0 Å². The van der Waals surface area contributed by atoms with Gasteiger partial charge in [-0.2, -0.15) is 0 Å². The first kappa shape index (κ1) is 17.6. The Hall–Kier alpha value is -2.25. The largest absolute Gasteiger partial charge is 0.497 e. The van der Waals surface area contributed by atoms with Gasteiger partial charge >= 0.3 is 0 Å². The summed E-state index contributed by atoms with van der Waals surface area (Å²) in [7, 11) is -2.19. The van der Waals surface area contributed by atoms with Crippen molar-refractivity contribution in [3.8, 4) is 11.5 Å². The van der Waals surface area contributed by atoms with Gasteiger partial charge in [0.25, 0.3) is 10.0 Å². The number of anilines is 1. The van der Waals surface area contributed by atoms with E-state index in [9.17, 15) is 13.5 Å². The second-order valence-electron chi connectivity index (χ2n) is 5.71. The van der Waals surface area contributed by atoms with Gasteiger partial charge in [-0.1, -0.05) is 0 Å². The Morgan fingerprint density at radius 2 is 1.84 bits per heavy atom. The second-order valence-corrected chi connectivity index (χ2v) is 7.57. The van der Waals surface area contributed by atoms with Crippen LogP contribution in [0.2, 0.25) is 0 Å². The van der Waals surface area contributed by atoms with Crippen LogP contribution in [0, 0.1) is 0 Å². The smallest absolute Gasteiger partial charge is 0.264 e. The Bertz CT molecular complexity index is 848. The van der Waals surface area contributed by atoms with Crippen molar-refractivity contribution in [1.29, 1.82) is 0 Å². The number of hydrogen-bond donors (Lipinski definition) is 1. The quantitative estimate of drug-likeness (QED) is 0.884. The third kappa shape index (κ3) is 3.29. The molecule has 1 aliphatic heterocycles. The number of fused-ring (bicyclic) bond motifs is 1. The van der Waals surface area contributed by atoms with Gasteiger partial charge < -0.3 is 14.6 Å². The summed E-state index contributed by atoms with van der Waals surface area (Å²) in [6.07, 6.45) is -0.381. The van der Waals surface area contributed by atoms with Crippen molar-refractivity contribution in [1.82, 2.24) is 0 Å². The van der Waals surface area contributed by atoms with Crippen LogP contribution in [-0.4, -0.2) is 33.8 Å². The predicted molar refractivity (Wildman–Crippen MR) is 94.7 cm³/mol. The standard InChI is InChI=1S/C18H21NO5S/c1-3-24-13-4-7-15(8-5-13)25(21,22)19-11-10-18(20)16-12-14(23-2)6-9-17(16)19/h4-9,12,18,20H,3,10-11H2,1-2H3. The van der Waals surface area contributed by atoms with E-state index >= 15 is 0 Å². The molecule has 0 saturated heterocycles. The lowest BCUT2D eigenvalue weighted by atomic mass is 10.0. The molecular weight excluding hydrogens is 342 g/mol. The maximum Gasteiger partial charge on any atom is 0.264 e. The fourth-order valence-electron chi connectivity index (χ4n) is 2.92. The van der Waals surface area contributed by atoms with Gasteiger partial charge in [-0.05, 0) is 55.8 Å². The van der Waals surface area contributed by atoms with Gasteiger partial charge in [0, 0.05) is 12.1 Å². The molecule has 0 bridgehead atoms. The number of hydrogen-bond acceptors (Lipinski definition) is 5. The minimum atomic E-state index is -3.72.